The van der Waals surface area contributed by atoms with Crippen LogP contribution < -0.4 is 10.7 Å². The summed E-state index contributed by atoms with van der Waals surface area (Å²) < 4.78 is 12.9. The van der Waals surface area contributed by atoms with Crippen LogP contribution >= 0.6 is 0 Å². The standard InChI is InChI=1S/C14H18FN3O2/c1-14(2,3)9-17-18-12(19)8-16-13(20)10-5-4-6-11(15)7-10/h4-7,9H,8H2,1-3H3,(H,16,20)(H,18,19)/b17-9+. The van der Waals surface area contributed by atoms with Gasteiger partial charge >= 0.3 is 0 Å². The molecule has 0 radical (unpaired) electrons. The van der Waals surface area contributed by atoms with Crippen LogP contribution in [0.4, 0.5) is 4.39 Å². The lowest BCUT2D eigenvalue weighted by atomic mass is 9.99. The van der Waals surface area contributed by atoms with Gasteiger partial charge in [-0.2, -0.15) is 5.10 Å². The minimum Gasteiger partial charge on any atom is -0.343 e. The fourth-order valence-electron chi connectivity index (χ4n) is 1.23. The number of benzene rings is 1. The summed E-state index contributed by atoms with van der Waals surface area (Å²) in [6.07, 6.45) is 1.60. The van der Waals surface area contributed by atoms with Gasteiger partial charge < -0.3 is 5.32 Å². The van der Waals surface area contributed by atoms with Gasteiger partial charge in [-0.25, -0.2) is 9.82 Å². The Morgan fingerprint density at radius 1 is 1.35 bits per heavy atom. The van der Waals surface area contributed by atoms with Crippen molar-refractivity contribution in [1.29, 1.82) is 0 Å². The number of halogens is 1. The minimum absolute atomic E-state index is 0.141. The number of hydrazone groups is 1. The lowest BCUT2D eigenvalue weighted by Crippen LogP contribution is -2.35. The topological polar surface area (TPSA) is 70.6 Å². The predicted molar refractivity (Wildman–Crippen MR) is 74.8 cm³/mol. The molecule has 0 spiro atoms. The lowest BCUT2D eigenvalue weighted by molar-refractivity contribution is -0.120. The van der Waals surface area contributed by atoms with Crippen molar-refractivity contribution in [3.05, 3.63) is 35.6 Å². The van der Waals surface area contributed by atoms with E-state index >= 15 is 0 Å². The second-order valence-corrected chi connectivity index (χ2v) is 5.35. The highest BCUT2D eigenvalue weighted by atomic mass is 19.1. The Balaban J connectivity index is 2.42. The molecular weight excluding hydrogens is 261 g/mol. The summed E-state index contributed by atoms with van der Waals surface area (Å²) in [4.78, 5) is 23.1. The van der Waals surface area contributed by atoms with Gasteiger partial charge in [0.05, 0.1) is 6.54 Å². The highest BCUT2D eigenvalue weighted by molar-refractivity contribution is 5.96. The van der Waals surface area contributed by atoms with E-state index in [1.165, 1.54) is 18.2 Å². The molecule has 108 valence electrons. The van der Waals surface area contributed by atoms with Crippen molar-refractivity contribution in [2.75, 3.05) is 6.54 Å². The Morgan fingerprint density at radius 2 is 2.05 bits per heavy atom. The zero-order valence-electron chi connectivity index (χ0n) is 11.7. The fraction of sp³-hybridized carbons (Fsp3) is 0.357. The first-order valence-corrected chi connectivity index (χ1v) is 6.15. The molecule has 0 unspecified atom stereocenters. The van der Waals surface area contributed by atoms with Crippen molar-refractivity contribution in [2.24, 2.45) is 10.5 Å². The van der Waals surface area contributed by atoms with Gasteiger partial charge in [0.25, 0.3) is 11.8 Å². The third-order valence-corrected chi connectivity index (χ3v) is 2.14. The summed E-state index contributed by atoms with van der Waals surface area (Å²) in [5.41, 5.74) is 2.32. The molecule has 2 amide bonds. The van der Waals surface area contributed by atoms with Crippen LogP contribution in [0.15, 0.2) is 29.4 Å². The number of hydrogen-bond acceptors (Lipinski definition) is 3. The second-order valence-electron chi connectivity index (χ2n) is 5.35. The zero-order chi connectivity index (χ0) is 15.2. The normalized spacial score (nSPS) is 11.4. The average molecular weight is 279 g/mol. The van der Waals surface area contributed by atoms with Crippen molar-refractivity contribution in [2.45, 2.75) is 20.8 Å². The fourth-order valence-corrected chi connectivity index (χ4v) is 1.23. The molecule has 0 aliphatic carbocycles. The van der Waals surface area contributed by atoms with Crippen LogP contribution in [0, 0.1) is 11.2 Å². The molecule has 0 aliphatic rings. The van der Waals surface area contributed by atoms with Gasteiger partial charge in [-0.15, -0.1) is 0 Å². The Bertz CT molecular complexity index is 521. The van der Waals surface area contributed by atoms with Gasteiger partial charge in [0.2, 0.25) is 0 Å². The Morgan fingerprint density at radius 3 is 2.65 bits per heavy atom. The van der Waals surface area contributed by atoms with E-state index in [0.717, 1.165) is 6.07 Å². The highest BCUT2D eigenvalue weighted by Gasteiger charge is 2.09. The molecular formula is C14H18FN3O2. The number of rotatable bonds is 4. The zero-order valence-corrected chi connectivity index (χ0v) is 11.7. The molecule has 0 fully saturated rings. The summed E-state index contributed by atoms with van der Waals surface area (Å²) in [5.74, 6) is -1.47. The van der Waals surface area contributed by atoms with Gasteiger partial charge in [-0.05, 0) is 23.6 Å². The van der Waals surface area contributed by atoms with Gasteiger partial charge in [-0.3, -0.25) is 9.59 Å². The molecule has 6 heteroatoms. The maximum absolute atomic E-state index is 12.9. The van der Waals surface area contributed by atoms with Crippen molar-refractivity contribution in [3.63, 3.8) is 0 Å². The van der Waals surface area contributed by atoms with E-state index in [4.69, 9.17) is 0 Å². The third-order valence-electron chi connectivity index (χ3n) is 2.14. The molecule has 20 heavy (non-hydrogen) atoms. The van der Waals surface area contributed by atoms with Crippen LogP contribution in [0.3, 0.4) is 0 Å². The first-order chi connectivity index (χ1) is 9.28. The Hall–Kier alpha value is -2.24. The van der Waals surface area contributed by atoms with E-state index < -0.39 is 17.6 Å². The predicted octanol–water partition coefficient (Wildman–Crippen LogP) is 1.70. The van der Waals surface area contributed by atoms with Crippen molar-refractivity contribution >= 4 is 18.0 Å². The monoisotopic (exact) mass is 279 g/mol. The molecule has 0 saturated heterocycles. The molecule has 5 nitrogen and oxygen atoms in total. The maximum atomic E-state index is 12.9. The molecule has 0 atom stereocenters. The van der Waals surface area contributed by atoms with Crippen LogP contribution in [-0.4, -0.2) is 24.6 Å². The summed E-state index contributed by atoms with van der Waals surface area (Å²) in [6.45, 7) is 5.59. The van der Waals surface area contributed by atoms with Crippen molar-refractivity contribution in [1.82, 2.24) is 10.7 Å². The summed E-state index contributed by atoms with van der Waals surface area (Å²) >= 11 is 0. The van der Waals surface area contributed by atoms with Crippen LogP contribution in [0.1, 0.15) is 31.1 Å². The van der Waals surface area contributed by atoms with Gasteiger partial charge in [-0.1, -0.05) is 26.8 Å². The maximum Gasteiger partial charge on any atom is 0.259 e. The van der Waals surface area contributed by atoms with E-state index in [1.54, 1.807) is 6.21 Å². The van der Waals surface area contributed by atoms with Crippen LogP contribution in [0.5, 0.6) is 0 Å². The second kappa shape index (κ2) is 6.79. The number of nitrogens with one attached hydrogen (secondary N) is 2. The molecule has 0 heterocycles. The van der Waals surface area contributed by atoms with Crippen LogP contribution in [0.25, 0.3) is 0 Å². The van der Waals surface area contributed by atoms with E-state index in [-0.39, 0.29) is 17.5 Å². The van der Waals surface area contributed by atoms with E-state index in [9.17, 15) is 14.0 Å². The summed E-state index contributed by atoms with van der Waals surface area (Å²) in [7, 11) is 0. The molecule has 2 N–H and O–H groups in total. The summed E-state index contributed by atoms with van der Waals surface area (Å²) in [5, 5.41) is 6.15. The van der Waals surface area contributed by atoms with Gasteiger partial charge in [0.15, 0.2) is 0 Å². The first kappa shape index (κ1) is 15.8. The van der Waals surface area contributed by atoms with E-state index in [0.29, 0.717) is 0 Å². The average Bonchev–Trinajstić information content (AvgIpc) is 2.34. The lowest BCUT2D eigenvalue weighted by Gasteiger charge is -2.10. The van der Waals surface area contributed by atoms with Gasteiger partial charge in [0, 0.05) is 11.8 Å². The Labute approximate surface area is 117 Å². The number of amides is 2. The smallest absolute Gasteiger partial charge is 0.259 e. The van der Waals surface area contributed by atoms with E-state index in [1.807, 2.05) is 20.8 Å². The number of hydrogen-bond donors (Lipinski definition) is 2. The van der Waals surface area contributed by atoms with Crippen LogP contribution in [-0.2, 0) is 4.79 Å². The first-order valence-electron chi connectivity index (χ1n) is 6.15. The molecule has 0 aromatic heterocycles. The summed E-state index contributed by atoms with van der Waals surface area (Å²) in [6, 6.07) is 5.24. The number of carbonyl (C=O) groups is 2. The highest BCUT2D eigenvalue weighted by Crippen LogP contribution is 2.07. The SMILES string of the molecule is CC(C)(C)/C=N/NC(=O)CNC(=O)c1cccc(F)c1. The largest absolute Gasteiger partial charge is 0.343 e. The number of nitrogens with zero attached hydrogens (tertiary/aromatic N) is 1. The molecule has 0 saturated carbocycles. The third kappa shape index (κ3) is 6.08. The molecule has 0 aliphatic heterocycles. The Kier molecular flexibility index (Phi) is 5.37. The van der Waals surface area contributed by atoms with Crippen molar-refractivity contribution < 1.29 is 14.0 Å². The molecule has 0 bridgehead atoms. The quantitative estimate of drug-likeness (QED) is 0.650. The minimum atomic E-state index is -0.514. The van der Waals surface area contributed by atoms with Crippen molar-refractivity contribution in [3.8, 4) is 0 Å². The molecule has 1 aromatic rings. The van der Waals surface area contributed by atoms with Crippen LogP contribution in [0.2, 0.25) is 0 Å². The van der Waals surface area contributed by atoms with Gasteiger partial charge in [0.1, 0.15) is 5.82 Å². The molecule has 1 aromatic carbocycles. The molecule has 1 rings (SSSR count). The van der Waals surface area contributed by atoms with E-state index in [2.05, 4.69) is 15.8 Å². The number of carbonyl (C=O) groups excluding carboxylic acids is 2.